The van der Waals surface area contributed by atoms with Crippen molar-refractivity contribution in [3.8, 4) is 0 Å². The van der Waals surface area contributed by atoms with E-state index < -0.39 is 0 Å². The van der Waals surface area contributed by atoms with Crippen molar-refractivity contribution in [2.75, 3.05) is 0 Å². The second-order valence-electron chi connectivity index (χ2n) is 6.04. The summed E-state index contributed by atoms with van der Waals surface area (Å²) in [6, 6.07) is 14.2. The molecule has 0 unspecified atom stereocenters. The Morgan fingerprint density at radius 1 is 1.12 bits per heavy atom. The molecule has 0 nitrogen and oxygen atoms in total. The first-order valence-corrected chi connectivity index (χ1v) is 8.58. The van der Waals surface area contributed by atoms with Crippen LogP contribution in [0.4, 0.5) is 0 Å². The molecule has 0 heterocycles. The van der Waals surface area contributed by atoms with Gasteiger partial charge in [0.05, 0.1) is 0 Å². The van der Waals surface area contributed by atoms with Gasteiger partial charge in [0.15, 0.2) is 0 Å². The van der Waals surface area contributed by atoms with Crippen LogP contribution in [0.2, 0.25) is 5.02 Å². The number of benzene rings is 2. The third kappa shape index (κ3) is 2.79. The van der Waals surface area contributed by atoms with Crippen molar-refractivity contribution in [2.45, 2.75) is 20.3 Å². The Bertz CT molecular complexity index is 877. The van der Waals surface area contributed by atoms with Crippen LogP contribution >= 0.6 is 11.6 Å². The summed E-state index contributed by atoms with van der Waals surface area (Å²) in [6.07, 6.45) is 5.43. The van der Waals surface area contributed by atoms with Crippen molar-refractivity contribution in [1.29, 1.82) is 0 Å². The van der Waals surface area contributed by atoms with Gasteiger partial charge in [0.25, 0.3) is 0 Å². The van der Waals surface area contributed by atoms with Crippen LogP contribution < -0.4 is 0 Å². The van der Waals surface area contributed by atoms with E-state index in [9.17, 15) is 0 Å². The molecule has 0 saturated carbocycles. The molecule has 0 aromatic heterocycles. The van der Waals surface area contributed by atoms with Crippen LogP contribution in [0.1, 0.15) is 42.5 Å². The molecule has 0 spiro atoms. The maximum atomic E-state index is 6.01. The van der Waals surface area contributed by atoms with Gasteiger partial charge in [-0.25, -0.2) is 0 Å². The predicted molar refractivity (Wildman–Crippen MR) is 107 cm³/mol. The van der Waals surface area contributed by atoms with Crippen molar-refractivity contribution < 1.29 is 0 Å². The highest BCUT2D eigenvalue weighted by Gasteiger charge is 2.24. The standard InChI is InChI=1S/C23H21Cl/c1-5-6-8-20-15(2)16(3)23-21(9-7-10-22(20)23)17(4)18-11-13-19(24)14-12-18/h6-14H,3-5H2,1-2H3/b8-6-. The van der Waals surface area contributed by atoms with Crippen molar-refractivity contribution in [3.05, 3.63) is 101 Å². The molecule has 2 aromatic rings. The number of hydrogen-bond donors (Lipinski definition) is 0. The Balaban J connectivity index is 2.10. The fourth-order valence-electron chi connectivity index (χ4n) is 3.16. The Morgan fingerprint density at radius 2 is 1.83 bits per heavy atom. The Labute approximate surface area is 149 Å². The lowest BCUT2D eigenvalue weighted by molar-refractivity contribution is 1.22. The normalized spacial score (nSPS) is 13.7. The summed E-state index contributed by atoms with van der Waals surface area (Å²) in [5.41, 5.74) is 9.26. The quantitative estimate of drug-likeness (QED) is 0.556. The summed E-state index contributed by atoms with van der Waals surface area (Å²) >= 11 is 6.01. The number of hydrogen-bond acceptors (Lipinski definition) is 0. The van der Waals surface area contributed by atoms with E-state index in [0.717, 1.165) is 33.7 Å². The molecule has 0 amide bonds. The fraction of sp³-hybridized carbons (Fsp3) is 0.130. The highest BCUT2D eigenvalue weighted by Crippen LogP contribution is 2.44. The molecule has 0 N–H and O–H groups in total. The molecule has 3 rings (SSSR count). The zero-order chi connectivity index (χ0) is 17.3. The topological polar surface area (TPSA) is 0 Å². The second kappa shape index (κ2) is 6.67. The molecular formula is C23H21Cl. The SMILES string of the molecule is C=C(c1ccc(Cl)cc1)c1cccc2c1C(=C)C(C)=C2/C=C\CC. The molecule has 0 saturated heterocycles. The smallest absolute Gasteiger partial charge is 0.0406 e. The zero-order valence-electron chi connectivity index (χ0n) is 14.2. The molecule has 1 aliphatic rings. The van der Waals surface area contributed by atoms with Crippen molar-refractivity contribution in [3.63, 3.8) is 0 Å². The van der Waals surface area contributed by atoms with Crippen LogP contribution in [0.5, 0.6) is 0 Å². The number of allylic oxidation sites excluding steroid dienone is 5. The largest absolute Gasteiger partial charge is 0.0908 e. The molecule has 1 heteroatoms. The molecule has 24 heavy (non-hydrogen) atoms. The van der Waals surface area contributed by atoms with Gasteiger partial charge in [-0.15, -0.1) is 0 Å². The lowest BCUT2D eigenvalue weighted by Crippen LogP contribution is -1.94. The lowest BCUT2D eigenvalue weighted by Gasteiger charge is -2.13. The van der Waals surface area contributed by atoms with Crippen molar-refractivity contribution >= 4 is 28.3 Å². The highest BCUT2D eigenvalue weighted by molar-refractivity contribution is 6.30. The van der Waals surface area contributed by atoms with Crippen LogP contribution in [0, 0.1) is 0 Å². The average molecular weight is 333 g/mol. The van der Waals surface area contributed by atoms with Gasteiger partial charge >= 0.3 is 0 Å². The van der Waals surface area contributed by atoms with Gasteiger partial charge in [-0.1, -0.05) is 74.2 Å². The summed E-state index contributed by atoms with van der Waals surface area (Å²) in [7, 11) is 0. The second-order valence-corrected chi connectivity index (χ2v) is 6.48. The van der Waals surface area contributed by atoms with E-state index in [4.69, 9.17) is 11.6 Å². The van der Waals surface area contributed by atoms with Crippen LogP contribution in [-0.4, -0.2) is 0 Å². The minimum absolute atomic E-state index is 0.735. The van der Waals surface area contributed by atoms with Crippen LogP contribution in [-0.2, 0) is 0 Å². The maximum absolute atomic E-state index is 6.01. The molecule has 1 aliphatic carbocycles. The monoisotopic (exact) mass is 332 g/mol. The molecule has 0 bridgehead atoms. The number of fused-ring (bicyclic) bond motifs is 1. The third-order valence-corrected chi connectivity index (χ3v) is 4.80. The zero-order valence-corrected chi connectivity index (χ0v) is 15.0. The predicted octanol–water partition coefficient (Wildman–Crippen LogP) is 7.17. The summed E-state index contributed by atoms with van der Waals surface area (Å²) in [4.78, 5) is 0. The molecule has 0 aliphatic heterocycles. The van der Waals surface area contributed by atoms with Crippen LogP contribution in [0.3, 0.4) is 0 Å². The maximum Gasteiger partial charge on any atom is 0.0406 e. The van der Waals surface area contributed by atoms with E-state index in [0.29, 0.717) is 0 Å². The van der Waals surface area contributed by atoms with Gasteiger partial charge in [-0.2, -0.15) is 0 Å². The van der Waals surface area contributed by atoms with Crippen molar-refractivity contribution in [2.24, 2.45) is 0 Å². The minimum Gasteiger partial charge on any atom is -0.0908 e. The minimum atomic E-state index is 0.735. The summed E-state index contributed by atoms with van der Waals surface area (Å²) in [6.45, 7) is 13.0. The Hall–Kier alpha value is -2.31. The van der Waals surface area contributed by atoms with E-state index in [2.05, 4.69) is 57.4 Å². The Morgan fingerprint density at radius 3 is 2.50 bits per heavy atom. The first-order valence-electron chi connectivity index (χ1n) is 8.20. The van der Waals surface area contributed by atoms with Gasteiger partial charge in [0, 0.05) is 5.02 Å². The fourth-order valence-corrected chi connectivity index (χ4v) is 3.29. The molecule has 2 aromatic carbocycles. The first-order chi connectivity index (χ1) is 11.5. The summed E-state index contributed by atoms with van der Waals surface area (Å²) < 4.78 is 0. The van der Waals surface area contributed by atoms with Crippen LogP contribution in [0.25, 0.3) is 16.7 Å². The van der Waals surface area contributed by atoms with E-state index >= 15 is 0 Å². The van der Waals surface area contributed by atoms with E-state index in [1.807, 2.05) is 24.3 Å². The summed E-state index contributed by atoms with van der Waals surface area (Å²) in [5.74, 6) is 0. The van der Waals surface area contributed by atoms with E-state index in [-0.39, 0.29) is 0 Å². The van der Waals surface area contributed by atoms with Gasteiger partial charge < -0.3 is 0 Å². The number of rotatable bonds is 4. The van der Waals surface area contributed by atoms with Gasteiger partial charge in [0.2, 0.25) is 0 Å². The lowest BCUT2D eigenvalue weighted by atomic mass is 9.90. The van der Waals surface area contributed by atoms with Crippen LogP contribution in [0.15, 0.2) is 73.3 Å². The molecule has 0 fully saturated rings. The van der Waals surface area contributed by atoms with Gasteiger partial charge in [-0.05, 0) is 70.0 Å². The molecule has 0 atom stereocenters. The number of halogens is 1. The van der Waals surface area contributed by atoms with E-state index in [1.165, 1.54) is 22.3 Å². The first kappa shape index (κ1) is 16.5. The summed E-state index contributed by atoms with van der Waals surface area (Å²) in [5, 5.41) is 0.735. The Kier molecular flexibility index (Phi) is 4.59. The molecular weight excluding hydrogens is 312 g/mol. The average Bonchev–Trinajstić information content (AvgIpc) is 2.84. The van der Waals surface area contributed by atoms with Crippen molar-refractivity contribution in [1.82, 2.24) is 0 Å². The third-order valence-electron chi connectivity index (χ3n) is 4.55. The van der Waals surface area contributed by atoms with E-state index in [1.54, 1.807) is 0 Å². The van der Waals surface area contributed by atoms with Gasteiger partial charge in [0.1, 0.15) is 0 Å². The van der Waals surface area contributed by atoms with Gasteiger partial charge in [-0.3, -0.25) is 0 Å². The molecule has 0 radical (unpaired) electrons. The highest BCUT2D eigenvalue weighted by atomic mass is 35.5. The molecule has 120 valence electrons.